The summed E-state index contributed by atoms with van der Waals surface area (Å²) in [6.07, 6.45) is 1.12. The number of hydrogen-bond donors (Lipinski definition) is 1. The van der Waals surface area contributed by atoms with Gasteiger partial charge in [0.1, 0.15) is 0 Å². The van der Waals surface area contributed by atoms with Gasteiger partial charge in [-0.2, -0.15) is 0 Å². The molecule has 1 aromatic rings. The molecule has 0 aromatic heterocycles. The molecular formula is C17H29ClNO2-. The van der Waals surface area contributed by atoms with Gasteiger partial charge in [0.25, 0.3) is 0 Å². The summed E-state index contributed by atoms with van der Waals surface area (Å²) in [4.78, 5) is 0. The molecule has 0 spiro atoms. The van der Waals surface area contributed by atoms with Crippen molar-refractivity contribution in [2.24, 2.45) is 5.41 Å². The summed E-state index contributed by atoms with van der Waals surface area (Å²) in [7, 11) is 3.32. The molecule has 1 aromatic carbocycles. The first-order chi connectivity index (χ1) is 9.17. The van der Waals surface area contributed by atoms with E-state index in [0.29, 0.717) is 5.41 Å². The van der Waals surface area contributed by atoms with Crippen LogP contribution in [0.2, 0.25) is 0 Å². The normalized spacial score (nSPS) is 11.8. The Kier molecular flexibility index (Phi) is 7.55. The van der Waals surface area contributed by atoms with E-state index in [1.807, 2.05) is 12.1 Å². The van der Waals surface area contributed by atoms with Gasteiger partial charge in [0.2, 0.25) is 0 Å². The molecule has 0 aliphatic carbocycles. The number of rotatable bonds is 6. The van der Waals surface area contributed by atoms with Crippen LogP contribution in [0, 0.1) is 5.41 Å². The van der Waals surface area contributed by atoms with E-state index in [4.69, 9.17) is 9.47 Å². The number of methoxy groups -OCH3 is 2. The van der Waals surface area contributed by atoms with E-state index in [-0.39, 0.29) is 17.9 Å². The maximum Gasteiger partial charge on any atom is 0.161 e. The minimum Gasteiger partial charge on any atom is -1.00 e. The van der Waals surface area contributed by atoms with E-state index in [1.54, 1.807) is 14.2 Å². The van der Waals surface area contributed by atoms with Gasteiger partial charge in [0, 0.05) is 12.1 Å². The molecule has 1 rings (SSSR count). The Balaban J connectivity index is 0.00000400. The Hall–Kier alpha value is -0.930. The maximum absolute atomic E-state index is 5.34. The predicted octanol–water partition coefficient (Wildman–Crippen LogP) is 1.01. The van der Waals surface area contributed by atoms with Gasteiger partial charge in [-0.3, -0.25) is 0 Å². The molecule has 0 unspecified atom stereocenters. The molecule has 0 heterocycles. The highest BCUT2D eigenvalue weighted by Crippen LogP contribution is 2.29. The second-order valence-electron chi connectivity index (χ2n) is 7.16. The van der Waals surface area contributed by atoms with E-state index < -0.39 is 0 Å². The largest absolute Gasteiger partial charge is 1.00 e. The van der Waals surface area contributed by atoms with Crippen LogP contribution in [-0.4, -0.2) is 19.8 Å². The molecule has 0 saturated carbocycles. The molecule has 4 heteroatoms. The van der Waals surface area contributed by atoms with Crippen molar-refractivity contribution < 1.29 is 21.9 Å². The molecule has 0 fully saturated rings. The van der Waals surface area contributed by atoms with Crippen molar-refractivity contribution in [3.8, 4) is 11.5 Å². The zero-order valence-electron chi connectivity index (χ0n) is 14.3. The summed E-state index contributed by atoms with van der Waals surface area (Å²) in [6, 6.07) is 6.05. The Labute approximate surface area is 135 Å². The number of ether oxygens (including phenoxy) is 2. The summed E-state index contributed by atoms with van der Waals surface area (Å²) in [5.74, 6) is 1.55. The minimum atomic E-state index is 0. The molecule has 122 valence electrons. The van der Waals surface area contributed by atoms with E-state index >= 15 is 0 Å². The lowest BCUT2D eigenvalue weighted by atomic mass is 9.82. The zero-order valence-corrected chi connectivity index (χ0v) is 15.1. The third kappa shape index (κ3) is 7.05. The first-order valence-corrected chi connectivity index (χ1v) is 7.13. The number of nitrogens with one attached hydrogen (secondary N) is 1. The first-order valence-electron chi connectivity index (χ1n) is 7.13. The summed E-state index contributed by atoms with van der Waals surface area (Å²) in [5, 5.41) is 3.62. The second kappa shape index (κ2) is 7.90. The fourth-order valence-electron chi connectivity index (χ4n) is 2.72. The minimum absolute atomic E-state index is 0. The van der Waals surface area contributed by atoms with Crippen molar-refractivity contribution in [2.45, 2.75) is 53.1 Å². The average molecular weight is 315 g/mol. The molecule has 0 aliphatic rings. The van der Waals surface area contributed by atoms with Crippen molar-refractivity contribution >= 4 is 0 Å². The average Bonchev–Trinajstić information content (AvgIpc) is 2.33. The lowest BCUT2D eigenvalue weighted by molar-refractivity contribution is -0.00000685. The highest BCUT2D eigenvalue weighted by Gasteiger charge is 2.24. The molecule has 0 radical (unpaired) electrons. The zero-order chi connectivity index (χ0) is 15.4. The van der Waals surface area contributed by atoms with Crippen LogP contribution in [0.25, 0.3) is 0 Å². The number of hydrogen-bond acceptors (Lipinski definition) is 3. The molecule has 3 nitrogen and oxygen atoms in total. The Bertz CT molecular complexity index is 439. The van der Waals surface area contributed by atoms with Crippen molar-refractivity contribution in [2.75, 3.05) is 14.2 Å². The van der Waals surface area contributed by atoms with Crippen LogP contribution in [0.1, 0.15) is 46.6 Å². The maximum atomic E-state index is 5.34. The van der Waals surface area contributed by atoms with Gasteiger partial charge in [0.15, 0.2) is 11.5 Å². The van der Waals surface area contributed by atoms with Gasteiger partial charge in [-0.05, 0) is 43.4 Å². The second-order valence-corrected chi connectivity index (χ2v) is 7.16. The fraction of sp³-hybridized carbons (Fsp3) is 0.647. The van der Waals surface area contributed by atoms with Gasteiger partial charge in [0.05, 0.1) is 14.2 Å². The van der Waals surface area contributed by atoms with Crippen LogP contribution < -0.4 is 27.2 Å². The molecule has 0 bridgehead atoms. The van der Waals surface area contributed by atoms with Crippen LogP contribution >= 0.6 is 0 Å². The van der Waals surface area contributed by atoms with Crippen LogP contribution in [0.15, 0.2) is 18.2 Å². The van der Waals surface area contributed by atoms with Gasteiger partial charge < -0.3 is 27.2 Å². The quantitative estimate of drug-likeness (QED) is 0.850. The molecule has 21 heavy (non-hydrogen) atoms. The lowest BCUT2D eigenvalue weighted by Gasteiger charge is -2.33. The highest BCUT2D eigenvalue weighted by molar-refractivity contribution is 5.42. The van der Waals surface area contributed by atoms with Crippen LogP contribution in [0.4, 0.5) is 0 Å². The molecular weight excluding hydrogens is 286 g/mol. The number of halogens is 1. The van der Waals surface area contributed by atoms with Gasteiger partial charge >= 0.3 is 0 Å². The monoisotopic (exact) mass is 314 g/mol. The van der Waals surface area contributed by atoms with Gasteiger partial charge in [-0.25, -0.2) is 0 Å². The molecule has 0 amide bonds. The molecule has 0 aliphatic heterocycles. The predicted molar refractivity (Wildman–Crippen MR) is 84.5 cm³/mol. The summed E-state index contributed by atoms with van der Waals surface area (Å²) in [6.45, 7) is 12.1. The van der Waals surface area contributed by atoms with E-state index in [9.17, 15) is 0 Å². The smallest absolute Gasteiger partial charge is 0.161 e. The number of benzene rings is 1. The summed E-state index contributed by atoms with van der Waals surface area (Å²) < 4.78 is 10.6. The van der Waals surface area contributed by atoms with Crippen molar-refractivity contribution in [1.29, 1.82) is 0 Å². The van der Waals surface area contributed by atoms with Gasteiger partial charge in [-0.1, -0.05) is 26.8 Å². The van der Waals surface area contributed by atoms with Crippen molar-refractivity contribution in [3.63, 3.8) is 0 Å². The fourth-order valence-corrected chi connectivity index (χ4v) is 2.72. The van der Waals surface area contributed by atoms with Crippen molar-refractivity contribution in [3.05, 3.63) is 23.8 Å². The highest BCUT2D eigenvalue weighted by atomic mass is 35.5. The van der Waals surface area contributed by atoms with E-state index in [0.717, 1.165) is 24.5 Å². The standard InChI is InChI=1S/C17H29NO2.ClH/c1-16(2,3)12-17(4,5)18-11-13-8-9-14(19-6)15(10-13)20-7;/h8-10,18H,11-12H2,1-7H3;1H/p-1. The summed E-state index contributed by atoms with van der Waals surface area (Å²) in [5.41, 5.74) is 1.61. The van der Waals surface area contributed by atoms with Gasteiger partial charge in [-0.15, -0.1) is 0 Å². The van der Waals surface area contributed by atoms with Crippen LogP contribution in [0.3, 0.4) is 0 Å². The Morgan fingerprint density at radius 2 is 1.52 bits per heavy atom. The van der Waals surface area contributed by atoms with E-state index in [1.165, 1.54) is 5.56 Å². The SMILES string of the molecule is COc1ccc(CNC(C)(C)CC(C)(C)C)cc1OC.[Cl-]. The van der Waals surface area contributed by atoms with Crippen LogP contribution in [-0.2, 0) is 6.54 Å². The topological polar surface area (TPSA) is 30.5 Å². The summed E-state index contributed by atoms with van der Waals surface area (Å²) >= 11 is 0. The first kappa shape index (κ1) is 20.1. The van der Waals surface area contributed by atoms with Crippen LogP contribution in [0.5, 0.6) is 11.5 Å². The lowest BCUT2D eigenvalue weighted by Crippen LogP contribution is -3.00. The van der Waals surface area contributed by atoms with E-state index in [2.05, 4.69) is 46.0 Å². The third-order valence-corrected chi connectivity index (χ3v) is 3.19. The molecule has 0 atom stereocenters. The Morgan fingerprint density at radius 1 is 0.952 bits per heavy atom. The third-order valence-electron chi connectivity index (χ3n) is 3.19. The molecule has 0 saturated heterocycles. The molecule has 1 N–H and O–H groups in total. The van der Waals surface area contributed by atoms with Crippen molar-refractivity contribution in [1.82, 2.24) is 5.32 Å². The Morgan fingerprint density at radius 3 is 2.00 bits per heavy atom.